The topological polar surface area (TPSA) is 26.7 Å². The molecule has 0 aliphatic rings. The van der Waals surface area contributed by atoms with Crippen molar-refractivity contribution in [2.75, 3.05) is 33.7 Å². The Kier molecular flexibility index (Phi) is 7.92. The molecule has 0 spiro atoms. The molecule has 0 aromatic heterocycles. The molecule has 3 nitrogen and oxygen atoms in total. The third-order valence-electron chi connectivity index (χ3n) is 2.59. The normalized spacial score (nSPS) is 11.7. The van der Waals surface area contributed by atoms with E-state index in [9.17, 15) is 0 Å². The van der Waals surface area contributed by atoms with Crippen LogP contribution >= 0.6 is 12.2 Å². The van der Waals surface area contributed by atoms with E-state index in [4.69, 9.17) is 5.11 Å². The standard InChI is InChI=1S/C11H24N2OS/c1-10(2)13(4)8-6-5-7-12(3)9-11(14)15/h10H,5-9H2,1-4H3,(H,14,15). The highest BCUT2D eigenvalue weighted by atomic mass is 32.1. The molecule has 0 fully saturated rings. The monoisotopic (exact) mass is 232 g/mol. The molecule has 0 radical (unpaired) electrons. The first-order valence-electron chi connectivity index (χ1n) is 5.54. The number of likely N-dealkylation sites (N-methyl/N-ethyl adjacent to an activating group) is 1. The van der Waals surface area contributed by atoms with E-state index < -0.39 is 0 Å². The third kappa shape index (κ3) is 8.78. The van der Waals surface area contributed by atoms with E-state index in [0.29, 0.717) is 12.6 Å². The summed E-state index contributed by atoms with van der Waals surface area (Å²) in [5, 5.41) is 9.00. The summed E-state index contributed by atoms with van der Waals surface area (Å²) in [4.78, 5) is 4.40. The van der Waals surface area contributed by atoms with Gasteiger partial charge in [-0.3, -0.25) is 4.90 Å². The van der Waals surface area contributed by atoms with E-state index >= 15 is 0 Å². The number of rotatable bonds is 8. The van der Waals surface area contributed by atoms with Crippen LogP contribution in [-0.2, 0) is 0 Å². The molecule has 0 rings (SSSR count). The van der Waals surface area contributed by atoms with Gasteiger partial charge in [0.05, 0.1) is 6.54 Å². The second-order valence-corrected chi connectivity index (χ2v) is 4.88. The van der Waals surface area contributed by atoms with E-state index in [1.807, 2.05) is 7.05 Å². The number of hydrogen-bond donors (Lipinski definition) is 1. The zero-order valence-corrected chi connectivity index (χ0v) is 11.2. The first kappa shape index (κ1) is 14.8. The first-order chi connectivity index (χ1) is 6.93. The van der Waals surface area contributed by atoms with E-state index in [0.717, 1.165) is 19.5 Å². The van der Waals surface area contributed by atoms with E-state index in [1.54, 1.807) is 0 Å². The van der Waals surface area contributed by atoms with Crippen molar-refractivity contribution in [3.05, 3.63) is 0 Å². The molecular weight excluding hydrogens is 208 g/mol. The third-order valence-corrected chi connectivity index (χ3v) is 2.72. The molecule has 0 atom stereocenters. The molecule has 90 valence electrons. The lowest BCUT2D eigenvalue weighted by molar-refractivity contribution is 0.259. The van der Waals surface area contributed by atoms with E-state index in [-0.39, 0.29) is 5.05 Å². The van der Waals surface area contributed by atoms with Gasteiger partial charge in [0.15, 0.2) is 5.05 Å². The van der Waals surface area contributed by atoms with Crippen LogP contribution in [0.4, 0.5) is 0 Å². The Bertz CT molecular complexity index is 185. The highest BCUT2D eigenvalue weighted by molar-refractivity contribution is 7.80. The van der Waals surface area contributed by atoms with Crippen LogP contribution in [0, 0.1) is 0 Å². The van der Waals surface area contributed by atoms with Gasteiger partial charge >= 0.3 is 0 Å². The predicted molar refractivity (Wildman–Crippen MR) is 69.7 cm³/mol. The van der Waals surface area contributed by atoms with Gasteiger partial charge in [-0.25, -0.2) is 0 Å². The summed E-state index contributed by atoms with van der Waals surface area (Å²) in [5.74, 6) is 0. The molecule has 0 unspecified atom stereocenters. The summed E-state index contributed by atoms with van der Waals surface area (Å²) >= 11 is 4.63. The molecule has 0 aromatic rings. The summed E-state index contributed by atoms with van der Waals surface area (Å²) in [6.45, 7) is 7.05. The number of nitrogens with zero attached hydrogens (tertiary/aromatic N) is 2. The van der Waals surface area contributed by atoms with Gasteiger partial charge < -0.3 is 10.0 Å². The SMILES string of the molecule is CC(C)N(C)CCCCN(C)CC(O)=S. The van der Waals surface area contributed by atoms with Crippen LogP contribution in [0.2, 0.25) is 0 Å². The average molecular weight is 232 g/mol. The maximum absolute atomic E-state index is 8.92. The van der Waals surface area contributed by atoms with Gasteiger partial charge in [0.25, 0.3) is 0 Å². The fraction of sp³-hybridized carbons (Fsp3) is 0.909. The van der Waals surface area contributed by atoms with Crippen LogP contribution in [0.25, 0.3) is 0 Å². The highest BCUT2D eigenvalue weighted by Crippen LogP contribution is 1.99. The quantitative estimate of drug-likeness (QED) is 0.511. The lowest BCUT2D eigenvalue weighted by Crippen LogP contribution is -2.29. The lowest BCUT2D eigenvalue weighted by atomic mass is 10.2. The van der Waals surface area contributed by atoms with Crippen molar-refractivity contribution in [2.24, 2.45) is 0 Å². The zero-order valence-electron chi connectivity index (χ0n) is 10.4. The van der Waals surface area contributed by atoms with Gasteiger partial charge in [-0.15, -0.1) is 0 Å². The summed E-state index contributed by atoms with van der Waals surface area (Å²) in [5.41, 5.74) is 0. The summed E-state index contributed by atoms with van der Waals surface area (Å²) in [6.07, 6.45) is 2.34. The molecule has 0 saturated carbocycles. The Balaban J connectivity index is 3.42. The molecule has 1 N–H and O–H groups in total. The number of aliphatic hydroxyl groups is 1. The van der Waals surface area contributed by atoms with Crippen LogP contribution in [0.1, 0.15) is 26.7 Å². The molecule has 0 aliphatic heterocycles. The Morgan fingerprint density at radius 3 is 2.20 bits per heavy atom. The minimum atomic E-state index is 0.0804. The number of thiocarbonyl (C=S) groups is 1. The van der Waals surface area contributed by atoms with Crippen molar-refractivity contribution in [1.82, 2.24) is 9.80 Å². The molecule has 4 heteroatoms. The fourth-order valence-electron chi connectivity index (χ4n) is 1.31. The molecule has 0 saturated heterocycles. The minimum absolute atomic E-state index is 0.0804. The molecule has 15 heavy (non-hydrogen) atoms. The van der Waals surface area contributed by atoms with Crippen LogP contribution in [0.3, 0.4) is 0 Å². The largest absolute Gasteiger partial charge is 0.501 e. The van der Waals surface area contributed by atoms with Gasteiger partial charge in [0.1, 0.15) is 0 Å². The van der Waals surface area contributed by atoms with Crippen LogP contribution in [-0.4, -0.2) is 59.7 Å². The average Bonchev–Trinajstić information content (AvgIpc) is 2.10. The highest BCUT2D eigenvalue weighted by Gasteiger charge is 2.03. The van der Waals surface area contributed by atoms with E-state index in [2.05, 4.69) is 42.9 Å². The maximum atomic E-state index is 8.92. The Morgan fingerprint density at radius 1 is 1.20 bits per heavy atom. The van der Waals surface area contributed by atoms with Gasteiger partial charge in [-0.1, -0.05) is 0 Å². The number of aliphatic hydroxyl groups excluding tert-OH is 1. The van der Waals surface area contributed by atoms with Crippen molar-refractivity contribution < 1.29 is 5.11 Å². The van der Waals surface area contributed by atoms with Crippen molar-refractivity contribution in [3.8, 4) is 0 Å². The van der Waals surface area contributed by atoms with Crippen molar-refractivity contribution in [1.29, 1.82) is 0 Å². The van der Waals surface area contributed by atoms with Crippen molar-refractivity contribution >= 4 is 17.3 Å². The molecule has 0 heterocycles. The van der Waals surface area contributed by atoms with Crippen LogP contribution < -0.4 is 0 Å². The molecule has 0 amide bonds. The Hall–Kier alpha value is -0.190. The number of unbranched alkanes of at least 4 members (excludes halogenated alkanes) is 1. The fourth-order valence-corrected chi connectivity index (χ4v) is 1.53. The molecule has 0 aromatic carbocycles. The minimum Gasteiger partial charge on any atom is -0.501 e. The van der Waals surface area contributed by atoms with Gasteiger partial charge in [0.2, 0.25) is 0 Å². The second kappa shape index (κ2) is 8.02. The van der Waals surface area contributed by atoms with Crippen molar-refractivity contribution in [2.45, 2.75) is 32.7 Å². The lowest BCUT2D eigenvalue weighted by Gasteiger charge is -2.21. The summed E-state index contributed by atoms with van der Waals surface area (Å²) in [7, 11) is 4.13. The second-order valence-electron chi connectivity index (χ2n) is 4.41. The van der Waals surface area contributed by atoms with Gasteiger partial charge in [-0.2, -0.15) is 0 Å². The smallest absolute Gasteiger partial charge is 0.170 e. The first-order valence-corrected chi connectivity index (χ1v) is 5.95. The Morgan fingerprint density at radius 2 is 1.73 bits per heavy atom. The molecule has 0 bridgehead atoms. The maximum Gasteiger partial charge on any atom is 0.170 e. The van der Waals surface area contributed by atoms with Crippen LogP contribution in [0.15, 0.2) is 0 Å². The van der Waals surface area contributed by atoms with E-state index in [1.165, 1.54) is 6.42 Å². The van der Waals surface area contributed by atoms with Gasteiger partial charge in [0, 0.05) is 6.04 Å². The van der Waals surface area contributed by atoms with Crippen molar-refractivity contribution in [3.63, 3.8) is 0 Å². The summed E-state index contributed by atoms with van der Waals surface area (Å²) in [6, 6.07) is 0.618. The Labute approximate surface area is 99.1 Å². The van der Waals surface area contributed by atoms with Crippen LogP contribution in [0.5, 0.6) is 0 Å². The summed E-state index contributed by atoms with van der Waals surface area (Å²) < 4.78 is 0. The zero-order chi connectivity index (χ0) is 11.8. The molecule has 0 aliphatic carbocycles. The van der Waals surface area contributed by atoms with Gasteiger partial charge in [-0.05, 0) is 66.1 Å². The predicted octanol–water partition coefficient (Wildman–Crippen LogP) is 1.92. The number of hydrogen-bond acceptors (Lipinski definition) is 3. The molecular formula is C11H24N2OS.